The average Bonchev–Trinajstić information content (AvgIpc) is 2.74. The van der Waals surface area contributed by atoms with E-state index >= 15 is 0 Å². The molecule has 0 bridgehead atoms. The molecule has 0 unspecified atom stereocenters. The smallest absolute Gasteiger partial charge is 0.303 e. The van der Waals surface area contributed by atoms with Gasteiger partial charge in [0.1, 0.15) is 6.29 Å². The number of unbranched alkanes of at least 4 members (excludes halogenated alkanes) is 11. The van der Waals surface area contributed by atoms with Crippen molar-refractivity contribution in [2.45, 2.75) is 89.9 Å². The molecule has 1 aromatic rings. The van der Waals surface area contributed by atoms with Crippen LogP contribution in [-0.2, 0) is 9.59 Å². The van der Waals surface area contributed by atoms with Gasteiger partial charge in [-0.25, -0.2) is 0 Å². The first-order chi connectivity index (χ1) is 14.9. The number of carboxylic acids is 2. The molecule has 0 fully saturated rings. The molecule has 0 aliphatic carbocycles. The lowest BCUT2D eigenvalue weighted by Crippen LogP contribution is -1.93. The second-order valence-corrected chi connectivity index (χ2v) is 7.58. The molecule has 7 heteroatoms. The second-order valence-electron chi connectivity index (χ2n) is 7.58. The summed E-state index contributed by atoms with van der Waals surface area (Å²) in [5, 5.41) is 26.1. The fraction of sp³-hybridized carbons (Fsp3) is 0.625. The third-order valence-electron chi connectivity index (χ3n) is 4.87. The van der Waals surface area contributed by atoms with Crippen LogP contribution < -0.4 is 4.74 Å². The minimum absolute atomic E-state index is 0.0399. The standard InChI is InChI=1S/C16H30O4.C8H8O3/c17-15(18)13-11-9-7-5-3-1-2-4-6-8-10-12-14-16(19)20;1-11-8-4-6(5-9)2-3-7(8)10/h1-14H2,(H,17,18)(H,19,20);2-5,10H,1H3. The molecular formula is C24H38O7. The van der Waals surface area contributed by atoms with Crippen molar-refractivity contribution in [1.29, 1.82) is 0 Å². The van der Waals surface area contributed by atoms with Gasteiger partial charge < -0.3 is 20.1 Å². The molecule has 0 heterocycles. The summed E-state index contributed by atoms with van der Waals surface area (Å²) in [7, 11) is 1.43. The van der Waals surface area contributed by atoms with Crippen molar-refractivity contribution in [1.82, 2.24) is 0 Å². The molecule has 0 aliphatic rings. The van der Waals surface area contributed by atoms with Gasteiger partial charge in [0.2, 0.25) is 0 Å². The Kier molecular flexibility index (Phi) is 17.8. The number of aldehydes is 1. The van der Waals surface area contributed by atoms with Gasteiger partial charge in [-0.15, -0.1) is 0 Å². The van der Waals surface area contributed by atoms with Crippen molar-refractivity contribution < 1.29 is 34.4 Å². The Hall–Kier alpha value is -2.57. The number of ether oxygens (including phenoxy) is 1. The van der Waals surface area contributed by atoms with Crippen molar-refractivity contribution in [3.8, 4) is 11.5 Å². The van der Waals surface area contributed by atoms with Crippen LogP contribution in [0.25, 0.3) is 0 Å². The van der Waals surface area contributed by atoms with Crippen LogP contribution in [0.3, 0.4) is 0 Å². The van der Waals surface area contributed by atoms with Crippen LogP contribution in [0, 0.1) is 0 Å². The topological polar surface area (TPSA) is 121 Å². The molecule has 0 radical (unpaired) electrons. The Labute approximate surface area is 185 Å². The van der Waals surface area contributed by atoms with E-state index in [1.807, 2.05) is 0 Å². The maximum atomic E-state index is 10.3. The Morgan fingerprint density at radius 2 is 1.16 bits per heavy atom. The predicted molar refractivity (Wildman–Crippen MR) is 120 cm³/mol. The van der Waals surface area contributed by atoms with E-state index in [1.54, 1.807) is 0 Å². The number of phenols is 1. The normalized spacial score (nSPS) is 10.1. The Balaban J connectivity index is 0.000000683. The largest absolute Gasteiger partial charge is 0.504 e. The van der Waals surface area contributed by atoms with Crippen LogP contribution in [0.15, 0.2) is 18.2 Å². The minimum atomic E-state index is -0.687. The van der Waals surface area contributed by atoms with Gasteiger partial charge in [0.15, 0.2) is 11.5 Å². The number of rotatable bonds is 17. The molecule has 176 valence electrons. The number of hydrogen-bond acceptors (Lipinski definition) is 5. The number of carboxylic acid groups (broad SMARTS) is 2. The SMILES string of the molecule is COc1cc(C=O)ccc1O.O=C(O)CCCCCCCCCCCCCCC(=O)O. The number of methoxy groups -OCH3 is 1. The molecule has 0 spiro atoms. The number of carbonyl (C=O) groups excluding carboxylic acids is 1. The maximum Gasteiger partial charge on any atom is 0.303 e. The summed E-state index contributed by atoms with van der Waals surface area (Å²) < 4.78 is 4.78. The van der Waals surface area contributed by atoms with Crippen molar-refractivity contribution in [2.24, 2.45) is 0 Å². The van der Waals surface area contributed by atoms with E-state index < -0.39 is 11.9 Å². The lowest BCUT2D eigenvalue weighted by atomic mass is 10.0. The van der Waals surface area contributed by atoms with Crippen LogP contribution >= 0.6 is 0 Å². The lowest BCUT2D eigenvalue weighted by molar-refractivity contribution is -0.138. The molecule has 0 aliphatic heterocycles. The van der Waals surface area contributed by atoms with Crippen LogP contribution in [-0.4, -0.2) is 40.7 Å². The van der Waals surface area contributed by atoms with Crippen LogP contribution in [0.1, 0.15) is 100 Å². The first-order valence-electron chi connectivity index (χ1n) is 11.2. The Morgan fingerprint density at radius 1 is 0.774 bits per heavy atom. The molecular weight excluding hydrogens is 400 g/mol. The number of phenolic OH excluding ortho intramolecular Hbond substituents is 1. The first-order valence-corrected chi connectivity index (χ1v) is 11.2. The molecule has 3 N–H and O–H groups in total. The minimum Gasteiger partial charge on any atom is -0.504 e. The van der Waals surface area contributed by atoms with E-state index in [-0.39, 0.29) is 5.75 Å². The van der Waals surface area contributed by atoms with Gasteiger partial charge in [0, 0.05) is 18.4 Å². The molecule has 0 saturated carbocycles. The molecule has 31 heavy (non-hydrogen) atoms. The fourth-order valence-corrected chi connectivity index (χ4v) is 3.09. The summed E-state index contributed by atoms with van der Waals surface area (Å²) in [4.78, 5) is 30.9. The maximum absolute atomic E-state index is 10.3. The van der Waals surface area contributed by atoms with Gasteiger partial charge in [0.05, 0.1) is 7.11 Å². The Morgan fingerprint density at radius 3 is 1.48 bits per heavy atom. The van der Waals surface area contributed by atoms with E-state index in [9.17, 15) is 14.4 Å². The first kappa shape index (κ1) is 28.4. The van der Waals surface area contributed by atoms with Gasteiger partial charge in [0.25, 0.3) is 0 Å². The zero-order valence-corrected chi connectivity index (χ0v) is 18.7. The van der Waals surface area contributed by atoms with Crippen LogP contribution in [0.4, 0.5) is 0 Å². The third-order valence-corrected chi connectivity index (χ3v) is 4.87. The number of aromatic hydroxyl groups is 1. The highest BCUT2D eigenvalue weighted by Gasteiger charge is 2.00. The molecule has 1 aromatic carbocycles. The zero-order chi connectivity index (χ0) is 23.3. The van der Waals surface area contributed by atoms with E-state index in [4.69, 9.17) is 20.1 Å². The number of carbonyl (C=O) groups is 3. The summed E-state index contributed by atoms with van der Waals surface area (Å²) in [6.07, 6.45) is 14.8. The molecule has 0 aromatic heterocycles. The monoisotopic (exact) mass is 438 g/mol. The van der Waals surface area contributed by atoms with Gasteiger partial charge in [-0.2, -0.15) is 0 Å². The van der Waals surface area contributed by atoms with E-state index in [2.05, 4.69) is 0 Å². The summed E-state index contributed by atoms with van der Waals surface area (Å²) in [6, 6.07) is 4.41. The molecule has 0 saturated heterocycles. The second kappa shape index (κ2) is 19.4. The molecule has 0 atom stereocenters. The third kappa shape index (κ3) is 18.0. The summed E-state index contributed by atoms with van der Waals surface area (Å²) in [6.45, 7) is 0. The molecule has 0 amide bonds. The molecule has 7 nitrogen and oxygen atoms in total. The zero-order valence-electron chi connectivity index (χ0n) is 18.7. The number of benzene rings is 1. The van der Waals surface area contributed by atoms with Crippen LogP contribution in [0.5, 0.6) is 11.5 Å². The van der Waals surface area contributed by atoms with Crippen LogP contribution in [0.2, 0.25) is 0 Å². The van der Waals surface area contributed by atoms with E-state index in [0.717, 1.165) is 38.5 Å². The van der Waals surface area contributed by atoms with E-state index in [1.165, 1.54) is 63.8 Å². The molecule has 1 rings (SSSR count). The lowest BCUT2D eigenvalue weighted by Gasteiger charge is -2.02. The van der Waals surface area contributed by atoms with Gasteiger partial charge >= 0.3 is 11.9 Å². The summed E-state index contributed by atoms with van der Waals surface area (Å²) >= 11 is 0. The average molecular weight is 439 g/mol. The van der Waals surface area contributed by atoms with Crippen molar-refractivity contribution in [2.75, 3.05) is 7.11 Å². The highest BCUT2D eigenvalue weighted by atomic mass is 16.5. The predicted octanol–water partition coefficient (Wildman–Crippen LogP) is 5.83. The summed E-state index contributed by atoms with van der Waals surface area (Å²) in [5.41, 5.74) is 0.486. The van der Waals surface area contributed by atoms with Gasteiger partial charge in [-0.1, -0.05) is 64.2 Å². The number of hydrogen-bond donors (Lipinski definition) is 3. The van der Waals surface area contributed by atoms with Gasteiger partial charge in [-0.05, 0) is 31.0 Å². The summed E-state index contributed by atoms with van der Waals surface area (Å²) in [5.74, 6) is -1.02. The Bertz CT molecular complexity index is 602. The highest BCUT2D eigenvalue weighted by molar-refractivity contribution is 5.76. The van der Waals surface area contributed by atoms with Crippen molar-refractivity contribution >= 4 is 18.2 Å². The fourth-order valence-electron chi connectivity index (χ4n) is 3.09. The van der Waals surface area contributed by atoms with E-state index in [0.29, 0.717) is 30.4 Å². The van der Waals surface area contributed by atoms with Crippen molar-refractivity contribution in [3.63, 3.8) is 0 Å². The van der Waals surface area contributed by atoms with Gasteiger partial charge in [-0.3, -0.25) is 14.4 Å². The van der Waals surface area contributed by atoms with Crippen molar-refractivity contribution in [3.05, 3.63) is 23.8 Å². The quantitative estimate of drug-likeness (QED) is 0.207. The number of aliphatic carboxylic acids is 2. The highest BCUT2D eigenvalue weighted by Crippen LogP contribution is 2.25.